The van der Waals surface area contributed by atoms with Gasteiger partial charge >= 0.3 is 0 Å². The Balaban J connectivity index is 1.49. The zero-order valence-corrected chi connectivity index (χ0v) is 13.1. The molecule has 5 rings (SSSR count). The highest BCUT2D eigenvalue weighted by Gasteiger charge is 2.54. The van der Waals surface area contributed by atoms with Gasteiger partial charge in [0.15, 0.2) is 0 Å². The maximum absolute atomic E-state index is 13.4. The molecule has 0 amide bonds. The van der Waals surface area contributed by atoms with Crippen LogP contribution in [0.3, 0.4) is 0 Å². The van der Waals surface area contributed by atoms with Crippen molar-refractivity contribution in [2.24, 2.45) is 5.92 Å². The van der Waals surface area contributed by atoms with E-state index >= 15 is 0 Å². The number of aromatic nitrogens is 2. The molecule has 1 aromatic heterocycles. The fraction of sp³-hybridized carbons (Fsp3) is 0.250. The van der Waals surface area contributed by atoms with Gasteiger partial charge < -0.3 is 9.67 Å². The second kappa shape index (κ2) is 4.77. The van der Waals surface area contributed by atoms with Gasteiger partial charge in [-0.05, 0) is 42.0 Å². The van der Waals surface area contributed by atoms with E-state index < -0.39 is 6.10 Å². The van der Waals surface area contributed by atoms with Crippen molar-refractivity contribution in [3.05, 3.63) is 78.0 Å². The van der Waals surface area contributed by atoms with Crippen molar-refractivity contribution in [2.45, 2.75) is 24.5 Å². The molecule has 1 saturated carbocycles. The summed E-state index contributed by atoms with van der Waals surface area (Å²) in [5.41, 5.74) is 4.23. The molecule has 3 aromatic rings. The van der Waals surface area contributed by atoms with Crippen LogP contribution in [0, 0.1) is 11.7 Å². The highest BCUT2D eigenvalue weighted by atomic mass is 19.1. The Morgan fingerprint density at radius 2 is 2.00 bits per heavy atom. The average Bonchev–Trinajstić information content (AvgIpc) is 3.12. The first-order chi connectivity index (χ1) is 11.7. The summed E-state index contributed by atoms with van der Waals surface area (Å²) in [5.74, 6) is -0.183. The topological polar surface area (TPSA) is 38.1 Å². The van der Waals surface area contributed by atoms with E-state index in [4.69, 9.17) is 0 Å². The molecule has 1 N–H and O–H groups in total. The number of imidazole rings is 1. The van der Waals surface area contributed by atoms with Crippen molar-refractivity contribution >= 4 is 0 Å². The first kappa shape index (κ1) is 13.9. The highest BCUT2D eigenvalue weighted by Crippen LogP contribution is 2.59. The molecule has 24 heavy (non-hydrogen) atoms. The van der Waals surface area contributed by atoms with Crippen LogP contribution in [-0.2, 0) is 5.54 Å². The van der Waals surface area contributed by atoms with Crippen LogP contribution in [0.4, 0.5) is 4.39 Å². The van der Waals surface area contributed by atoms with Crippen molar-refractivity contribution in [3.63, 3.8) is 0 Å². The predicted molar refractivity (Wildman–Crippen MR) is 88.8 cm³/mol. The number of hydrogen-bond donors (Lipinski definition) is 1. The molecule has 1 unspecified atom stereocenters. The monoisotopic (exact) mass is 320 g/mol. The number of fused-ring (bicyclic) bond motifs is 5. The lowest BCUT2D eigenvalue weighted by Crippen LogP contribution is -2.47. The molecule has 1 aliphatic carbocycles. The van der Waals surface area contributed by atoms with Crippen LogP contribution >= 0.6 is 0 Å². The van der Waals surface area contributed by atoms with Gasteiger partial charge in [-0.1, -0.05) is 36.4 Å². The van der Waals surface area contributed by atoms with Gasteiger partial charge in [0.25, 0.3) is 0 Å². The molecule has 1 fully saturated rings. The molecule has 120 valence electrons. The van der Waals surface area contributed by atoms with Crippen LogP contribution in [0.2, 0.25) is 0 Å². The van der Waals surface area contributed by atoms with Gasteiger partial charge in [-0.3, -0.25) is 0 Å². The van der Waals surface area contributed by atoms with E-state index in [-0.39, 0.29) is 17.3 Å². The summed E-state index contributed by atoms with van der Waals surface area (Å²) in [7, 11) is 0. The Bertz CT molecular complexity index is 927. The van der Waals surface area contributed by atoms with Crippen LogP contribution in [0.1, 0.15) is 30.1 Å². The molecule has 4 heteroatoms. The lowest BCUT2D eigenvalue weighted by atomic mass is 9.62. The van der Waals surface area contributed by atoms with Crippen molar-refractivity contribution in [2.75, 3.05) is 0 Å². The van der Waals surface area contributed by atoms with E-state index in [9.17, 15) is 9.50 Å². The van der Waals surface area contributed by atoms with E-state index in [2.05, 4.69) is 27.8 Å². The molecule has 0 radical (unpaired) electrons. The second-order valence-electron chi connectivity index (χ2n) is 6.89. The van der Waals surface area contributed by atoms with Gasteiger partial charge in [0.2, 0.25) is 0 Å². The van der Waals surface area contributed by atoms with Gasteiger partial charge in [0.05, 0.1) is 29.9 Å². The number of aliphatic hydroxyl groups is 1. The third-order valence-corrected chi connectivity index (χ3v) is 5.64. The van der Waals surface area contributed by atoms with E-state index in [1.807, 2.05) is 18.6 Å². The van der Waals surface area contributed by atoms with Gasteiger partial charge in [-0.2, -0.15) is 0 Å². The Morgan fingerprint density at radius 1 is 1.17 bits per heavy atom. The number of nitrogens with zero attached hydrogens (tertiary/aromatic N) is 2. The maximum atomic E-state index is 13.4. The third-order valence-electron chi connectivity index (χ3n) is 5.64. The summed E-state index contributed by atoms with van der Waals surface area (Å²) in [5, 5.41) is 10.7. The summed E-state index contributed by atoms with van der Waals surface area (Å²) in [6.07, 6.45) is 4.84. The van der Waals surface area contributed by atoms with Crippen molar-refractivity contribution in [3.8, 4) is 11.3 Å². The van der Waals surface area contributed by atoms with Crippen molar-refractivity contribution < 1.29 is 9.50 Å². The smallest absolute Gasteiger partial charge is 0.123 e. The highest BCUT2D eigenvalue weighted by molar-refractivity contribution is 5.71. The quantitative estimate of drug-likeness (QED) is 0.778. The number of halogens is 1. The zero-order chi connectivity index (χ0) is 16.3. The first-order valence-electron chi connectivity index (χ1n) is 8.25. The van der Waals surface area contributed by atoms with Gasteiger partial charge in [0, 0.05) is 5.56 Å². The van der Waals surface area contributed by atoms with Crippen LogP contribution < -0.4 is 0 Å². The minimum atomic E-state index is -0.633. The summed E-state index contributed by atoms with van der Waals surface area (Å²) in [4.78, 5) is 4.31. The molecule has 1 aliphatic heterocycles. The number of benzene rings is 2. The predicted octanol–water partition coefficient (Wildman–Crippen LogP) is 3.89. The molecule has 3 nitrogen and oxygen atoms in total. The number of aliphatic hydroxyl groups excluding tert-OH is 1. The molecule has 0 saturated heterocycles. The summed E-state index contributed by atoms with van der Waals surface area (Å²) in [6.45, 7) is 0. The van der Waals surface area contributed by atoms with Crippen molar-refractivity contribution in [1.82, 2.24) is 9.55 Å². The molecular formula is C20H17FN2O. The fourth-order valence-electron chi connectivity index (χ4n) is 4.49. The van der Waals surface area contributed by atoms with E-state index in [1.54, 1.807) is 12.1 Å². The maximum Gasteiger partial charge on any atom is 0.123 e. The van der Waals surface area contributed by atoms with Crippen LogP contribution in [0.5, 0.6) is 0 Å². The Morgan fingerprint density at radius 3 is 2.83 bits per heavy atom. The second-order valence-corrected chi connectivity index (χ2v) is 6.89. The standard InChI is InChI=1S/C20H17FN2O/c21-15-5-3-4-13(8-15)19(24)14-9-20(10-14)17-7-2-1-6-16(17)18-11-22-12-23(18)20/h1-8,11-12,14,19,24H,9-10H2. The molecular weight excluding hydrogens is 303 g/mol. The van der Waals surface area contributed by atoms with Gasteiger partial charge in [0.1, 0.15) is 5.82 Å². The van der Waals surface area contributed by atoms with Gasteiger partial charge in [-0.25, -0.2) is 9.37 Å². The van der Waals surface area contributed by atoms with Crippen LogP contribution in [0.25, 0.3) is 11.3 Å². The summed E-state index contributed by atoms with van der Waals surface area (Å²) < 4.78 is 15.7. The third kappa shape index (κ3) is 1.72. The summed E-state index contributed by atoms with van der Waals surface area (Å²) in [6, 6.07) is 14.7. The Kier molecular flexibility index (Phi) is 2.77. The fourth-order valence-corrected chi connectivity index (χ4v) is 4.49. The van der Waals surface area contributed by atoms with Crippen molar-refractivity contribution in [1.29, 1.82) is 0 Å². The first-order valence-corrected chi connectivity index (χ1v) is 8.25. The number of rotatable bonds is 2. The van der Waals surface area contributed by atoms with Crippen LogP contribution in [-0.4, -0.2) is 14.7 Å². The minimum Gasteiger partial charge on any atom is -0.388 e. The Hall–Kier alpha value is -2.46. The SMILES string of the molecule is OC(c1cccc(F)c1)C1CC2(C1)c1ccccc1-c1cncn12. The Labute approximate surface area is 139 Å². The van der Waals surface area contributed by atoms with Crippen LogP contribution in [0.15, 0.2) is 61.1 Å². The zero-order valence-electron chi connectivity index (χ0n) is 13.1. The molecule has 2 aromatic carbocycles. The van der Waals surface area contributed by atoms with Gasteiger partial charge in [-0.15, -0.1) is 0 Å². The molecule has 2 heterocycles. The molecule has 1 atom stereocenters. The lowest BCUT2D eigenvalue weighted by Gasteiger charge is -2.49. The molecule has 0 bridgehead atoms. The number of hydrogen-bond acceptors (Lipinski definition) is 2. The largest absolute Gasteiger partial charge is 0.388 e. The average molecular weight is 320 g/mol. The normalized spacial score (nSPS) is 25.2. The molecule has 1 spiro atoms. The summed E-state index contributed by atoms with van der Waals surface area (Å²) >= 11 is 0. The lowest BCUT2D eigenvalue weighted by molar-refractivity contribution is -0.00282. The van der Waals surface area contributed by atoms with E-state index in [0.717, 1.165) is 18.5 Å². The minimum absolute atomic E-state index is 0.110. The molecule has 2 aliphatic rings. The van der Waals surface area contributed by atoms with E-state index in [1.165, 1.54) is 23.3 Å². The van der Waals surface area contributed by atoms with E-state index in [0.29, 0.717) is 5.56 Å².